The molecule has 0 aliphatic heterocycles. The SMILES string of the molecule is S=C(Nc1ccc(Cl)cc1Cl)Nc1nn(Cc2ccc(Cl)cc2)cc1Br. The number of nitrogens with one attached hydrogen (secondary N) is 2. The van der Waals surface area contributed by atoms with Gasteiger partial charge in [-0.2, -0.15) is 5.10 Å². The minimum Gasteiger partial charge on any atom is -0.331 e. The highest BCUT2D eigenvalue weighted by Crippen LogP contribution is 2.26. The van der Waals surface area contributed by atoms with E-state index < -0.39 is 0 Å². The first-order chi connectivity index (χ1) is 12.4. The van der Waals surface area contributed by atoms with Gasteiger partial charge >= 0.3 is 0 Å². The van der Waals surface area contributed by atoms with Crippen LogP contribution < -0.4 is 10.6 Å². The standard InChI is InChI=1S/C17H12BrCl3N4S/c18-13-9-25(8-10-1-3-11(19)4-2-10)24-16(13)23-17(26)22-15-6-5-12(20)7-14(15)21/h1-7,9H,8H2,(H2,22,23,24,26). The van der Waals surface area contributed by atoms with Crippen LogP contribution in [0.5, 0.6) is 0 Å². The molecule has 0 saturated heterocycles. The van der Waals surface area contributed by atoms with Crippen molar-refractivity contribution in [3.63, 3.8) is 0 Å². The summed E-state index contributed by atoms with van der Waals surface area (Å²) in [5, 5.41) is 12.7. The molecule has 3 rings (SSSR count). The fourth-order valence-corrected chi connectivity index (χ4v) is 3.39. The van der Waals surface area contributed by atoms with Gasteiger partial charge in [0.25, 0.3) is 0 Å². The van der Waals surface area contributed by atoms with Crippen molar-refractivity contribution in [2.75, 3.05) is 10.6 Å². The van der Waals surface area contributed by atoms with Crippen LogP contribution >= 0.6 is 63.0 Å². The molecule has 0 atom stereocenters. The smallest absolute Gasteiger partial charge is 0.176 e. The highest BCUT2D eigenvalue weighted by atomic mass is 79.9. The zero-order valence-corrected chi connectivity index (χ0v) is 17.8. The Bertz CT molecular complexity index is 944. The Hall–Kier alpha value is -1.31. The fourth-order valence-electron chi connectivity index (χ4n) is 2.19. The summed E-state index contributed by atoms with van der Waals surface area (Å²) in [6.07, 6.45) is 1.87. The molecule has 0 spiro atoms. The summed E-state index contributed by atoms with van der Waals surface area (Å²) in [6.45, 7) is 0.612. The lowest BCUT2D eigenvalue weighted by Gasteiger charge is -2.10. The van der Waals surface area contributed by atoms with Gasteiger partial charge in [0, 0.05) is 16.2 Å². The van der Waals surface area contributed by atoms with Crippen LogP contribution in [0.3, 0.4) is 0 Å². The second-order valence-electron chi connectivity index (χ2n) is 5.35. The molecule has 0 saturated carbocycles. The molecule has 1 aromatic heterocycles. The molecule has 0 bridgehead atoms. The van der Waals surface area contributed by atoms with Crippen LogP contribution in [0.15, 0.2) is 53.1 Å². The van der Waals surface area contributed by atoms with Gasteiger partial charge < -0.3 is 10.6 Å². The van der Waals surface area contributed by atoms with Crippen molar-refractivity contribution in [3.05, 3.63) is 73.8 Å². The van der Waals surface area contributed by atoms with Crippen LogP contribution in [0.1, 0.15) is 5.56 Å². The van der Waals surface area contributed by atoms with Crippen molar-refractivity contribution >= 4 is 79.6 Å². The summed E-state index contributed by atoms with van der Waals surface area (Å²) in [6, 6.07) is 12.7. The highest BCUT2D eigenvalue weighted by molar-refractivity contribution is 9.10. The highest BCUT2D eigenvalue weighted by Gasteiger charge is 2.10. The molecule has 0 aliphatic carbocycles. The molecule has 9 heteroatoms. The van der Waals surface area contributed by atoms with Gasteiger partial charge in [-0.15, -0.1) is 0 Å². The van der Waals surface area contributed by atoms with E-state index >= 15 is 0 Å². The Balaban J connectivity index is 1.67. The van der Waals surface area contributed by atoms with Gasteiger partial charge in [0.2, 0.25) is 0 Å². The van der Waals surface area contributed by atoms with E-state index in [2.05, 4.69) is 31.7 Å². The molecule has 0 unspecified atom stereocenters. The molecular formula is C17H12BrCl3N4S. The monoisotopic (exact) mass is 488 g/mol. The largest absolute Gasteiger partial charge is 0.331 e. The summed E-state index contributed by atoms with van der Waals surface area (Å²) in [5.41, 5.74) is 1.75. The molecule has 0 aliphatic rings. The summed E-state index contributed by atoms with van der Waals surface area (Å²) in [7, 11) is 0. The molecule has 134 valence electrons. The molecule has 1 heterocycles. The van der Waals surface area contributed by atoms with Gasteiger partial charge in [-0.05, 0) is 64.0 Å². The van der Waals surface area contributed by atoms with Gasteiger partial charge in [-0.25, -0.2) is 0 Å². The first-order valence-electron chi connectivity index (χ1n) is 7.41. The van der Waals surface area contributed by atoms with Crippen LogP contribution in [0.25, 0.3) is 0 Å². The van der Waals surface area contributed by atoms with E-state index in [1.807, 2.05) is 30.5 Å². The van der Waals surface area contributed by atoms with Gasteiger partial charge in [0.05, 0.1) is 21.7 Å². The zero-order chi connectivity index (χ0) is 18.7. The van der Waals surface area contributed by atoms with Crippen LogP contribution in [0, 0.1) is 0 Å². The maximum absolute atomic E-state index is 6.14. The van der Waals surface area contributed by atoms with E-state index in [9.17, 15) is 0 Å². The lowest BCUT2D eigenvalue weighted by Crippen LogP contribution is -2.20. The summed E-state index contributed by atoms with van der Waals surface area (Å²) in [5.74, 6) is 0.599. The van der Waals surface area contributed by atoms with Crippen molar-refractivity contribution in [2.45, 2.75) is 6.54 Å². The molecule has 0 amide bonds. The third-order valence-electron chi connectivity index (χ3n) is 3.39. The molecule has 0 fully saturated rings. The van der Waals surface area contributed by atoms with E-state index in [1.54, 1.807) is 22.9 Å². The van der Waals surface area contributed by atoms with Crippen molar-refractivity contribution in [3.8, 4) is 0 Å². The number of aromatic nitrogens is 2. The number of hydrogen-bond acceptors (Lipinski definition) is 2. The average Bonchev–Trinajstić information content (AvgIpc) is 2.91. The summed E-state index contributed by atoms with van der Waals surface area (Å²) in [4.78, 5) is 0. The first-order valence-corrected chi connectivity index (χ1v) is 9.74. The van der Waals surface area contributed by atoms with Crippen molar-refractivity contribution in [2.24, 2.45) is 0 Å². The Morgan fingerprint density at radius 3 is 2.42 bits per heavy atom. The number of halogens is 4. The van der Waals surface area contributed by atoms with Crippen LogP contribution in [-0.2, 0) is 6.54 Å². The number of rotatable bonds is 4. The zero-order valence-electron chi connectivity index (χ0n) is 13.1. The predicted octanol–water partition coefficient (Wildman–Crippen LogP) is 6.46. The number of thiocarbonyl (C=S) groups is 1. The third kappa shape index (κ3) is 5.11. The van der Waals surface area contributed by atoms with Crippen LogP contribution in [-0.4, -0.2) is 14.9 Å². The average molecular weight is 491 g/mol. The van der Waals surface area contributed by atoms with Gasteiger partial charge in [0.1, 0.15) is 0 Å². The molecule has 4 nitrogen and oxygen atoms in total. The van der Waals surface area contributed by atoms with Crippen LogP contribution in [0.4, 0.5) is 11.5 Å². The fraction of sp³-hybridized carbons (Fsp3) is 0.0588. The second-order valence-corrected chi connectivity index (χ2v) is 7.90. The molecule has 26 heavy (non-hydrogen) atoms. The predicted molar refractivity (Wildman–Crippen MR) is 117 cm³/mol. The second kappa shape index (κ2) is 8.59. The maximum Gasteiger partial charge on any atom is 0.176 e. The Morgan fingerprint density at radius 2 is 1.73 bits per heavy atom. The Labute approximate surface area is 179 Å². The number of hydrogen-bond donors (Lipinski definition) is 2. The number of nitrogens with zero attached hydrogens (tertiary/aromatic N) is 2. The van der Waals surface area contributed by atoms with Crippen molar-refractivity contribution in [1.82, 2.24) is 9.78 Å². The van der Waals surface area contributed by atoms with Gasteiger partial charge in [-0.1, -0.05) is 46.9 Å². The Kier molecular flexibility index (Phi) is 6.42. The minimum atomic E-state index is 0.367. The number of anilines is 2. The molecule has 3 aromatic rings. The molecule has 0 radical (unpaired) electrons. The van der Waals surface area contributed by atoms with Crippen LogP contribution in [0.2, 0.25) is 15.1 Å². The molecular weight excluding hydrogens is 479 g/mol. The van der Waals surface area contributed by atoms with Crippen molar-refractivity contribution < 1.29 is 0 Å². The van der Waals surface area contributed by atoms with E-state index in [4.69, 9.17) is 47.0 Å². The topological polar surface area (TPSA) is 41.9 Å². The normalized spacial score (nSPS) is 10.6. The minimum absolute atomic E-state index is 0.367. The first kappa shape index (κ1) is 19.5. The van der Waals surface area contributed by atoms with E-state index in [1.165, 1.54) is 0 Å². The maximum atomic E-state index is 6.14. The van der Waals surface area contributed by atoms with Gasteiger partial charge in [0.15, 0.2) is 10.9 Å². The Morgan fingerprint density at radius 1 is 1.04 bits per heavy atom. The number of benzene rings is 2. The molecule has 2 aromatic carbocycles. The van der Waals surface area contributed by atoms with E-state index in [0.717, 1.165) is 10.0 Å². The lowest BCUT2D eigenvalue weighted by molar-refractivity contribution is 0.689. The quantitative estimate of drug-likeness (QED) is 0.412. The van der Waals surface area contributed by atoms with E-state index in [-0.39, 0.29) is 0 Å². The third-order valence-corrected chi connectivity index (χ3v) is 4.97. The molecule has 2 N–H and O–H groups in total. The van der Waals surface area contributed by atoms with E-state index in [0.29, 0.717) is 38.2 Å². The van der Waals surface area contributed by atoms with Crippen molar-refractivity contribution in [1.29, 1.82) is 0 Å². The lowest BCUT2D eigenvalue weighted by atomic mass is 10.2. The summed E-state index contributed by atoms with van der Waals surface area (Å²) >= 11 is 26.8. The van der Waals surface area contributed by atoms with Gasteiger partial charge in [-0.3, -0.25) is 4.68 Å². The summed E-state index contributed by atoms with van der Waals surface area (Å²) < 4.78 is 2.59.